The molecule has 2 saturated heterocycles. The van der Waals surface area contributed by atoms with Crippen molar-refractivity contribution in [3.63, 3.8) is 0 Å². The smallest absolute Gasteiger partial charge is 0.491 e. The second-order valence-electron chi connectivity index (χ2n) is 12.4. The fourth-order valence-corrected chi connectivity index (χ4v) is 7.54. The first kappa shape index (κ1) is 48.1. The van der Waals surface area contributed by atoms with Crippen LogP contribution < -0.4 is 50.2 Å². The fraction of sp³-hybridized carbons (Fsp3) is 0.417. The summed E-state index contributed by atoms with van der Waals surface area (Å²) in [4.78, 5) is 80.4. The van der Waals surface area contributed by atoms with E-state index < -0.39 is 34.3 Å². The topological polar surface area (TPSA) is 247 Å². The molecule has 0 saturated carbocycles. The Balaban J connectivity index is 0.00000172. The number of nitrogens with zero attached hydrogens (tertiary/aromatic N) is 5. The molecule has 3 N–H and O–H groups in total. The average molecular weight is 868 g/mol. The van der Waals surface area contributed by atoms with Gasteiger partial charge in [0, 0.05) is 55.6 Å². The zero-order chi connectivity index (χ0) is 41.2. The van der Waals surface area contributed by atoms with Gasteiger partial charge < -0.3 is 35.1 Å². The number of hydrogen-bond acceptors (Lipinski definition) is 18. The molecule has 3 amide bonds. The maximum Gasteiger partial charge on any atom is 1.00 e. The van der Waals surface area contributed by atoms with Gasteiger partial charge in [-0.05, 0) is 56.5 Å². The molecule has 0 bridgehead atoms. The van der Waals surface area contributed by atoms with Crippen LogP contribution in [0.1, 0.15) is 62.4 Å². The quantitative estimate of drug-likeness (QED) is 0.0553. The van der Waals surface area contributed by atoms with Crippen LogP contribution in [0.3, 0.4) is 0 Å². The Kier molecular flexibility index (Phi) is 21.0. The average Bonchev–Trinajstić information content (AvgIpc) is 3.51. The SMILES string of the molecule is CC(CCC(=O)CCCSSCCCC(=O)ON1C(=O)[CH-]CC1=O)Oc1ccc(-c2cnc(N)c(C(=O)Nc3cnccc3N3CCOCC3)n2)cc1.O=S(=O)=O.[Na+]. The molecule has 1 aromatic carbocycles. The first-order valence-corrected chi connectivity index (χ1v) is 21.3. The molecular formula is C36H42N7NaO11S3. The van der Waals surface area contributed by atoms with Gasteiger partial charge in [-0.15, -0.1) is 17.7 Å². The van der Waals surface area contributed by atoms with Gasteiger partial charge in [-0.25, -0.2) is 14.8 Å². The number of imide groups is 1. The predicted molar refractivity (Wildman–Crippen MR) is 211 cm³/mol. The minimum Gasteiger partial charge on any atom is -0.491 e. The van der Waals surface area contributed by atoms with Crippen LogP contribution in [0.4, 0.5) is 17.2 Å². The van der Waals surface area contributed by atoms with E-state index in [1.165, 1.54) is 12.6 Å². The Morgan fingerprint density at radius 2 is 1.67 bits per heavy atom. The number of carbonyl (C=O) groups is 5. The summed E-state index contributed by atoms with van der Waals surface area (Å²) in [6, 6.07) is 9.11. The number of morpholine rings is 1. The number of pyridine rings is 1. The number of nitrogens with two attached hydrogens (primary N) is 1. The molecule has 1 atom stereocenters. The summed E-state index contributed by atoms with van der Waals surface area (Å²) >= 11 is 0. The molecule has 2 fully saturated rings. The van der Waals surface area contributed by atoms with Crippen molar-refractivity contribution in [1.29, 1.82) is 0 Å². The van der Waals surface area contributed by atoms with E-state index in [2.05, 4.69) is 25.2 Å². The Morgan fingerprint density at radius 3 is 2.33 bits per heavy atom. The molecule has 2 aliphatic heterocycles. The van der Waals surface area contributed by atoms with E-state index in [9.17, 15) is 24.0 Å². The van der Waals surface area contributed by atoms with Crippen molar-refractivity contribution >= 4 is 78.9 Å². The second kappa shape index (κ2) is 25.3. The largest absolute Gasteiger partial charge is 1.00 e. The van der Waals surface area contributed by atoms with Crippen LogP contribution in [-0.2, 0) is 39.4 Å². The number of hydroxylamine groups is 2. The predicted octanol–water partition coefficient (Wildman–Crippen LogP) is 0.689. The third-order valence-corrected chi connectivity index (χ3v) is 10.8. The van der Waals surface area contributed by atoms with Crippen molar-refractivity contribution in [2.24, 2.45) is 0 Å². The Bertz CT molecular complexity index is 1970. The van der Waals surface area contributed by atoms with Gasteiger partial charge in [-0.1, -0.05) is 28.0 Å². The number of carbonyl (C=O) groups excluding carboxylic acids is 5. The van der Waals surface area contributed by atoms with E-state index >= 15 is 0 Å². The van der Waals surface area contributed by atoms with Crippen molar-refractivity contribution in [3.8, 4) is 17.0 Å². The van der Waals surface area contributed by atoms with Gasteiger partial charge in [0.05, 0.1) is 48.8 Å². The number of ketones is 1. The van der Waals surface area contributed by atoms with Crippen LogP contribution >= 0.6 is 21.6 Å². The zero-order valence-corrected chi connectivity index (χ0v) is 36.4. The van der Waals surface area contributed by atoms with Gasteiger partial charge in [0.2, 0.25) is 5.91 Å². The number of benzene rings is 1. The number of aromatic nitrogens is 3. The summed E-state index contributed by atoms with van der Waals surface area (Å²) in [7, 11) is 0.129. The molecule has 18 nitrogen and oxygen atoms in total. The number of Topliss-reactive ketones (excluding diaryl/α,β-unsaturated/α-hetero) is 1. The number of amides is 3. The maximum atomic E-state index is 13.3. The van der Waals surface area contributed by atoms with Crippen molar-refractivity contribution < 1.29 is 80.5 Å². The molecule has 58 heavy (non-hydrogen) atoms. The van der Waals surface area contributed by atoms with Gasteiger partial charge in [-0.2, -0.15) is 0 Å². The first-order valence-electron chi connectivity index (χ1n) is 17.8. The second-order valence-corrected chi connectivity index (χ2v) is 15.5. The molecule has 5 rings (SSSR count). The third kappa shape index (κ3) is 16.2. The van der Waals surface area contributed by atoms with E-state index in [4.69, 9.17) is 32.7 Å². The number of hydrogen-bond donors (Lipinski definition) is 2. The van der Waals surface area contributed by atoms with E-state index in [1.807, 2.05) is 37.3 Å². The summed E-state index contributed by atoms with van der Waals surface area (Å²) in [6.07, 6.45) is 8.62. The van der Waals surface area contributed by atoms with E-state index in [1.54, 1.807) is 34.0 Å². The van der Waals surface area contributed by atoms with Crippen LogP contribution in [0, 0.1) is 6.42 Å². The number of anilines is 3. The van der Waals surface area contributed by atoms with Gasteiger partial charge in [0.15, 0.2) is 11.5 Å². The summed E-state index contributed by atoms with van der Waals surface area (Å²) in [5.74, 6) is 0.0727. The summed E-state index contributed by atoms with van der Waals surface area (Å²) in [5.41, 5.74) is 8.65. The number of ether oxygens (including phenoxy) is 2. The minimum absolute atomic E-state index is 0. The number of rotatable bonds is 19. The van der Waals surface area contributed by atoms with Crippen LogP contribution in [0.5, 0.6) is 5.75 Å². The van der Waals surface area contributed by atoms with E-state index in [0.717, 1.165) is 23.4 Å². The summed E-state index contributed by atoms with van der Waals surface area (Å²) < 4.78 is 36.8. The van der Waals surface area contributed by atoms with E-state index in [-0.39, 0.29) is 65.8 Å². The van der Waals surface area contributed by atoms with Crippen molar-refractivity contribution in [3.05, 3.63) is 61.0 Å². The fourth-order valence-electron chi connectivity index (χ4n) is 5.36. The summed E-state index contributed by atoms with van der Waals surface area (Å²) in [6.45, 7) is 4.52. The molecule has 0 spiro atoms. The molecule has 1 unspecified atom stereocenters. The van der Waals surface area contributed by atoms with Gasteiger partial charge in [0.1, 0.15) is 17.4 Å². The van der Waals surface area contributed by atoms with Gasteiger partial charge in [-0.3, -0.25) is 25.8 Å². The summed E-state index contributed by atoms with van der Waals surface area (Å²) in [5, 5.41) is 3.40. The molecule has 306 valence electrons. The van der Waals surface area contributed by atoms with Crippen molar-refractivity contribution in [2.45, 2.75) is 58.0 Å². The molecule has 2 aliphatic rings. The monoisotopic (exact) mass is 867 g/mol. The van der Waals surface area contributed by atoms with Crippen LogP contribution in [0.15, 0.2) is 48.9 Å². The Morgan fingerprint density at radius 1 is 1.00 bits per heavy atom. The molecule has 0 aliphatic carbocycles. The Hall–Kier alpha value is -4.25. The molecule has 22 heteroatoms. The molecule has 0 radical (unpaired) electrons. The zero-order valence-electron chi connectivity index (χ0n) is 32.0. The molecule has 4 heterocycles. The van der Waals surface area contributed by atoms with E-state index in [0.29, 0.717) is 79.9 Å². The molecule has 2 aromatic heterocycles. The number of nitrogen functional groups attached to an aromatic ring is 1. The van der Waals surface area contributed by atoms with Crippen LogP contribution in [0.2, 0.25) is 0 Å². The molecule has 3 aromatic rings. The van der Waals surface area contributed by atoms with Gasteiger partial charge >= 0.3 is 46.1 Å². The third-order valence-electron chi connectivity index (χ3n) is 8.18. The molecular weight excluding hydrogens is 826 g/mol. The normalized spacial score (nSPS) is 13.9. The maximum absolute atomic E-state index is 13.3. The van der Waals surface area contributed by atoms with Crippen molar-refractivity contribution in [2.75, 3.05) is 53.8 Å². The van der Waals surface area contributed by atoms with Crippen molar-refractivity contribution in [1.82, 2.24) is 20.0 Å². The van der Waals surface area contributed by atoms with Crippen LogP contribution in [0.25, 0.3) is 11.3 Å². The Labute approximate surface area is 366 Å². The number of nitrogens with one attached hydrogen (secondary N) is 1. The first-order chi connectivity index (χ1) is 27.4. The standard InChI is InChI=1S/C36H42N7O8S2.Na.O3S/c1-24(6-9-26(44)4-2-20-52-53-21-3-5-33(47)51-43-31(45)12-13-32(43)46)50-27-10-7-25(8-11-27)28-23-39-35(37)34(40-28)36(48)41-29-22-38-15-14-30(29)42-16-18-49-19-17-42;;1-4(2)3/h7-8,10-12,14-15,22-24H,2-6,9,13,16-21H2,1H3,(H2,37,39)(H,41,48);;/q-1;+1;. The van der Waals surface area contributed by atoms with Crippen LogP contribution in [-0.4, -0.2) is 106 Å². The van der Waals surface area contributed by atoms with Gasteiger partial charge in [0.25, 0.3) is 5.91 Å². The minimum atomic E-state index is -3.11.